The number of nitrogens with one attached hydrogen (secondary N) is 1. The van der Waals surface area contributed by atoms with Crippen LogP contribution in [0.1, 0.15) is 39.1 Å². The van der Waals surface area contributed by atoms with Crippen molar-refractivity contribution in [2.45, 2.75) is 19.4 Å². The minimum atomic E-state index is -0.284. The number of carbonyl (C=O) groups is 2. The predicted octanol–water partition coefficient (Wildman–Crippen LogP) is 5.52. The molecule has 0 radical (unpaired) electrons. The number of amides is 2. The van der Waals surface area contributed by atoms with Crippen molar-refractivity contribution in [1.82, 2.24) is 4.90 Å². The summed E-state index contributed by atoms with van der Waals surface area (Å²) < 4.78 is 6.90. The molecule has 1 saturated heterocycles. The minimum Gasteiger partial charge on any atom is -0.488 e. The number of hydrogen-bond acceptors (Lipinski definition) is 3. The Labute approximate surface area is 190 Å². The molecule has 0 spiro atoms. The lowest BCUT2D eigenvalue weighted by atomic mass is 10.1. The van der Waals surface area contributed by atoms with Gasteiger partial charge in [-0.2, -0.15) is 0 Å². The summed E-state index contributed by atoms with van der Waals surface area (Å²) in [7, 11) is 0. The van der Waals surface area contributed by atoms with E-state index >= 15 is 0 Å². The Morgan fingerprint density at radius 2 is 1.68 bits per heavy atom. The fraction of sp³-hybridized carbons (Fsp3) is 0.200. The molecule has 1 fully saturated rings. The number of halogens is 1. The monoisotopic (exact) mass is 478 g/mol. The average molecular weight is 479 g/mol. The summed E-state index contributed by atoms with van der Waals surface area (Å²) in [5.41, 5.74) is 2.59. The van der Waals surface area contributed by atoms with Gasteiger partial charge in [-0.3, -0.25) is 9.59 Å². The third-order valence-corrected chi connectivity index (χ3v) is 6.01. The van der Waals surface area contributed by atoms with Crippen molar-refractivity contribution in [3.8, 4) is 5.75 Å². The van der Waals surface area contributed by atoms with E-state index in [-0.39, 0.29) is 11.8 Å². The van der Waals surface area contributed by atoms with Crippen molar-refractivity contribution in [1.29, 1.82) is 0 Å². The number of likely N-dealkylation sites (tertiary alicyclic amines) is 1. The van der Waals surface area contributed by atoms with Gasteiger partial charge in [0.15, 0.2) is 0 Å². The highest BCUT2D eigenvalue weighted by molar-refractivity contribution is 9.10. The van der Waals surface area contributed by atoms with Crippen LogP contribution in [0, 0.1) is 0 Å². The maximum absolute atomic E-state index is 13.0. The first-order valence-corrected chi connectivity index (χ1v) is 11.1. The Morgan fingerprint density at radius 3 is 2.48 bits per heavy atom. The standard InChI is InChI=1S/C25H23BrN2O3/c26-22-12-3-1-8-19(22)17-31-23-13-4-2-11-21(23)24(29)27-20-10-7-9-18(16-20)25(30)28-14-5-6-15-28/h1-4,7-13,16H,5-6,14-15,17H2,(H,27,29). The molecule has 0 saturated carbocycles. The molecule has 0 aliphatic carbocycles. The Hall–Kier alpha value is -3.12. The normalized spacial score (nSPS) is 13.1. The first-order valence-electron chi connectivity index (χ1n) is 10.3. The summed E-state index contributed by atoms with van der Waals surface area (Å²) in [6.45, 7) is 1.92. The van der Waals surface area contributed by atoms with Gasteiger partial charge >= 0.3 is 0 Å². The van der Waals surface area contributed by atoms with Crippen LogP contribution in [-0.4, -0.2) is 29.8 Å². The molecule has 1 heterocycles. The lowest BCUT2D eigenvalue weighted by molar-refractivity contribution is 0.0792. The fourth-order valence-corrected chi connectivity index (χ4v) is 3.98. The molecule has 6 heteroatoms. The second-order valence-electron chi connectivity index (χ2n) is 7.41. The summed E-state index contributed by atoms with van der Waals surface area (Å²) in [6, 6.07) is 22.0. The van der Waals surface area contributed by atoms with Crippen LogP contribution < -0.4 is 10.1 Å². The van der Waals surface area contributed by atoms with Crippen molar-refractivity contribution < 1.29 is 14.3 Å². The highest BCUT2D eigenvalue weighted by Gasteiger charge is 2.20. The van der Waals surface area contributed by atoms with Crippen LogP contribution in [0.2, 0.25) is 0 Å². The lowest BCUT2D eigenvalue weighted by Gasteiger charge is -2.16. The van der Waals surface area contributed by atoms with E-state index in [1.165, 1.54) is 0 Å². The number of carbonyl (C=O) groups excluding carboxylic acids is 2. The zero-order valence-corrected chi connectivity index (χ0v) is 18.6. The van der Waals surface area contributed by atoms with Crippen LogP contribution in [-0.2, 0) is 6.61 Å². The van der Waals surface area contributed by atoms with E-state index in [1.807, 2.05) is 35.2 Å². The summed E-state index contributed by atoms with van der Waals surface area (Å²) in [4.78, 5) is 27.5. The highest BCUT2D eigenvalue weighted by atomic mass is 79.9. The van der Waals surface area contributed by atoms with Gasteiger partial charge < -0.3 is 15.0 Å². The summed E-state index contributed by atoms with van der Waals surface area (Å²) in [5, 5.41) is 2.90. The zero-order chi connectivity index (χ0) is 21.6. The van der Waals surface area contributed by atoms with E-state index in [4.69, 9.17) is 4.74 Å². The number of nitrogens with zero attached hydrogens (tertiary/aromatic N) is 1. The number of anilines is 1. The molecule has 158 valence electrons. The van der Waals surface area contributed by atoms with Crippen molar-refractivity contribution in [3.63, 3.8) is 0 Å². The van der Waals surface area contributed by atoms with Gasteiger partial charge in [0.1, 0.15) is 12.4 Å². The first kappa shape index (κ1) is 21.1. The molecule has 1 aliphatic heterocycles. The Kier molecular flexibility index (Phi) is 6.67. The summed E-state index contributed by atoms with van der Waals surface area (Å²) in [6.07, 6.45) is 2.08. The number of rotatable bonds is 6. The van der Waals surface area contributed by atoms with Crippen LogP contribution in [0.3, 0.4) is 0 Å². The SMILES string of the molecule is O=C(Nc1cccc(C(=O)N2CCCC2)c1)c1ccccc1OCc1ccccc1Br. The van der Waals surface area contributed by atoms with Gasteiger partial charge in [-0.05, 0) is 49.2 Å². The maximum Gasteiger partial charge on any atom is 0.259 e. The smallest absolute Gasteiger partial charge is 0.259 e. The molecule has 0 atom stereocenters. The van der Waals surface area contributed by atoms with Crippen molar-refractivity contribution in [2.24, 2.45) is 0 Å². The lowest BCUT2D eigenvalue weighted by Crippen LogP contribution is -2.27. The van der Waals surface area contributed by atoms with Gasteiger partial charge in [-0.25, -0.2) is 0 Å². The first-order chi connectivity index (χ1) is 15.1. The minimum absolute atomic E-state index is 0.00534. The fourth-order valence-electron chi connectivity index (χ4n) is 3.58. The molecule has 4 rings (SSSR count). The molecule has 31 heavy (non-hydrogen) atoms. The maximum atomic E-state index is 13.0. The predicted molar refractivity (Wildman–Crippen MR) is 124 cm³/mol. The molecule has 3 aromatic rings. The van der Waals surface area contributed by atoms with Crippen LogP contribution in [0.4, 0.5) is 5.69 Å². The number of ether oxygens (including phenoxy) is 1. The highest BCUT2D eigenvalue weighted by Crippen LogP contribution is 2.24. The topological polar surface area (TPSA) is 58.6 Å². The van der Waals surface area contributed by atoms with Gasteiger partial charge in [0.25, 0.3) is 11.8 Å². The quantitative estimate of drug-likeness (QED) is 0.507. The average Bonchev–Trinajstić information content (AvgIpc) is 3.33. The zero-order valence-electron chi connectivity index (χ0n) is 17.0. The molecular weight excluding hydrogens is 456 g/mol. The number of benzene rings is 3. The number of para-hydroxylation sites is 1. The van der Waals surface area contributed by atoms with Crippen LogP contribution in [0.5, 0.6) is 5.75 Å². The molecule has 0 aromatic heterocycles. The Morgan fingerprint density at radius 1 is 0.935 bits per heavy atom. The third-order valence-electron chi connectivity index (χ3n) is 5.23. The molecule has 2 amide bonds. The van der Waals surface area contributed by atoms with Crippen LogP contribution >= 0.6 is 15.9 Å². The Balaban J connectivity index is 1.47. The molecule has 1 aliphatic rings. The Bertz CT molecular complexity index is 1090. The van der Waals surface area contributed by atoms with Crippen molar-refractivity contribution in [3.05, 3.63) is 94.0 Å². The van der Waals surface area contributed by atoms with E-state index in [0.717, 1.165) is 36.0 Å². The molecular formula is C25H23BrN2O3. The molecule has 1 N–H and O–H groups in total. The van der Waals surface area contributed by atoms with E-state index < -0.39 is 0 Å². The van der Waals surface area contributed by atoms with E-state index in [9.17, 15) is 9.59 Å². The van der Waals surface area contributed by atoms with Crippen LogP contribution in [0.15, 0.2) is 77.3 Å². The van der Waals surface area contributed by atoms with Gasteiger partial charge in [0.05, 0.1) is 5.56 Å². The van der Waals surface area contributed by atoms with E-state index in [0.29, 0.717) is 29.2 Å². The second-order valence-corrected chi connectivity index (χ2v) is 8.26. The third kappa shape index (κ3) is 5.14. The largest absolute Gasteiger partial charge is 0.488 e. The van der Waals surface area contributed by atoms with Crippen molar-refractivity contribution >= 4 is 33.4 Å². The van der Waals surface area contributed by atoms with Gasteiger partial charge in [0.2, 0.25) is 0 Å². The van der Waals surface area contributed by atoms with Crippen LogP contribution in [0.25, 0.3) is 0 Å². The van der Waals surface area contributed by atoms with Gasteiger partial charge in [-0.1, -0.05) is 52.3 Å². The van der Waals surface area contributed by atoms with E-state index in [1.54, 1.807) is 42.5 Å². The van der Waals surface area contributed by atoms with Gasteiger partial charge in [-0.15, -0.1) is 0 Å². The molecule has 5 nitrogen and oxygen atoms in total. The van der Waals surface area contributed by atoms with Crippen molar-refractivity contribution in [2.75, 3.05) is 18.4 Å². The van der Waals surface area contributed by atoms with Gasteiger partial charge in [0, 0.05) is 34.4 Å². The second kappa shape index (κ2) is 9.79. The summed E-state index contributed by atoms with van der Waals surface area (Å²) in [5.74, 6) is 0.222. The molecule has 3 aromatic carbocycles. The number of hydrogen-bond donors (Lipinski definition) is 1. The summed E-state index contributed by atoms with van der Waals surface area (Å²) >= 11 is 3.51. The van der Waals surface area contributed by atoms with E-state index in [2.05, 4.69) is 21.2 Å². The molecule has 0 bridgehead atoms. The molecule has 0 unspecified atom stereocenters.